The summed E-state index contributed by atoms with van der Waals surface area (Å²) in [4.78, 5) is 21.7. The SMILES string of the molecule is COc1cc(OC)nc(NC2CCN(C)C2=O)n1. The second kappa shape index (κ2) is 5.07. The Bertz CT molecular complexity index is 430. The van der Waals surface area contributed by atoms with Gasteiger partial charge in [-0.2, -0.15) is 9.97 Å². The van der Waals surface area contributed by atoms with Crippen LogP contribution in [-0.2, 0) is 4.79 Å². The molecule has 1 atom stereocenters. The molecular formula is C11H16N4O3. The number of likely N-dealkylation sites (tertiary alicyclic amines) is 1. The van der Waals surface area contributed by atoms with E-state index in [0.29, 0.717) is 17.7 Å². The van der Waals surface area contributed by atoms with Crippen molar-refractivity contribution in [3.8, 4) is 11.8 Å². The van der Waals surface area contributed by atoms with Crippen LogP contribution in [0.1, 0.15) is 6.42 Å². The highest BCUT2D eigenvalue weighted by atomic mass is 16.5. The van der Waals surface area contributed by atoms with E-state index < -0.39 is 0 Å². The summed E-state index contributed by atoms with van der Waals surface area (Å²) >= 11 is 0. The number of carbonyl (C=O) groups excluding carboxylic acids is 1. The van der Waals surface area contributed by atoms with E-state index in [1.807, 2.05) is 0 Å². The summed E-state index contributed by atoms with van der Waals surface area (Å²) in [6, 6.07) is 1.29. The Hall–Kier alpha value is -2.05. The first kappa shape index (κ1) is 12.4. The van der Waals surface area contributed by atoms with Crippen LogP contribution in [-0.4, -0.2) is 54.6 Å². The lowest BCUT2D eigenvalue weighted by molar-refractivity contribution is -0.127. The molecule has 0 radical (unpaired) electrons. The number of methoxy groups -OCH3 is 2. The third-order valence-electron chi connectivity index (χ3n) is 2.83. The van der Waals surface area contributed by atoms with Gasteiger partial charge in [0.25, 0.3) is 0 Å². The number of hydrogen-bond acceptors (Lipinski definition) is 6. The molecule has 1 unspecified atom stereocenters. The summed E-state index contributed by atoms with van der Waals surface area (Å²) in [5.74, 6) is 1.16. The number of carbonyl (C=O) groups is 1. The van der Waals surface area contributed by atoms with Crippen molar-refractivity contribution in [3.05, 3.63) is 6.07 Å². The van der Waals surface area contributed by atoms with Crippen LogP contribution in [0.25, 0.3) is 0 Å². The normalized spacial score (nSPS) is 18.9. The van der Waals surface area contributed by atoms with Gasteiger partial charge in [0.05, 0.1) is 20.3 Å². The van der Waals surface area contributed by atoms with Crippen molar-refractivity contribution in [2.75, 3.05) is 33.1 Å². The van der Waals surface area contributed by atoms with Crippen LogP contribution in [0, 0.1) is 0 Å². The van der Waals surface area contributed by atoms with E-state index in [-0.39, 0.29) is 11.9 Å². The zero-order valence-electron chi connectivity index (χ0n) is 10.6. The zero-order valence-corrected chi connectivity index (χ0v) is 10.6. The minimum absolute atomic E-state index is 0.0420. The van der Waals surface area contributed by atoms with Gasteiger partial charge in [-0.15, -0.1) is 0 Å². The van der Waals surface area contributed by atoms with Crippen molar-refractivity contribution in [3.63, 3.8) is 0 Å². The summed E-state index contributed by atoms with van der Waals surface area (Å²) in [5.41, 5.74) is 0. The van der Waals surface area contributed by atoms with Gasteiger partial charge < -0.3 is 19.7 Å². The summed E-state index contributed by atoms with van der Waals surface area (Å²) < 4.78 is 10.1. The molecule has 0 bridgehead atoms. The number of likely N-dealkylation sites (N-methyl/N-ethyl adjacent to an activating group) is 1. The molecule has 2 heterocycles. The molecule has 1 N–H and O–H groups in total. The summed E-state index contributed by atoms with van der Waals surface area (Å²) in [6.45, 7) is 0.734. The molecule has 0 saturated carbocycles. The lowest BCUT2D eigenvalue weighted by Crippen LogP contribution is -2.31. The van der Waals surface area contributed by atoms with Crippen LogP contribution >= 0.6 is 0 Å². The minimum Gasteiger partial charge on any atom is -0.481 e. The van der Waals surface area contributed by atoms with Crippen molar-refractivity contribution in [2.45, 2.75) is 12.5 Å². The quantitative estimate of drug-likeness (QED) is 0.821. The van der Waals surface area contributed by atoms with Crippen LogP contribution in [0.4, 0.5) is 5.95 Å². The van der Waals surface area contributed by atoms with Gasteiger partial charge in [-0.25, -0.2) is 0 Å². The van der Waals surface area contributed by atoms with E-state index in [1.165, 1.54) is 14.2 Å². The van der Waals surface area contributed by atoms with Gasteiger partial charge in [0.2, 0.25) is 23.6 Å². The van der Waals surface area contributed by atoms with Crippen LogP contribution < -0.4 is 14.8 Å². The number of rotatable bonds is 4. The van der Waals surface area contributed by atoms with Crippen molar-refractivity contribution in [1.29, 1.82) is 0 Å². The summed E-state index contributed by atoms with van der Waals surface area (Å²) in [6.07, 6.45) is 0.734. The molecule has 0 aromatic carbocycles. The Morgan fingerprint density at radius 3 is 2.39 bits per heavy atom. The molecule has 2 rings (SSSR count). The maximum absolute atomic E-state index is 11.8. The van der Waals surface area contributed by atoms with E-state index in [1.54, 1.807) is 18.0 Å². The van der Waals surface area contributed by atoms with Gasteiger partial charge in [0.15, 0.2) is 0 Å². The zero-order chi connectivity index (χ0) is 13.1. The molecule has 0 spiro atoms. The standard InChI is InChI=1S/C11H16N4O3/c1-15-5-4-7(10(15)16)12-11-13-8(17-2)6-9(14-11)18-3/h6-7H,4-5H2,1-3H3,(H,12,13,14). The number of anilines is 1. The summed E-state index contributed by atoms with van der Waals surface area (Å²) in [5, 5.41) is 3.00. The fraction of sp³-hybridized carbons (Fsp3) is 0.545. The van der Waals surface area contributed by atoms with Crippen molar-refractivity contribution in [1.82, 2.24) is 14.9 Å². The maximum atomic E-state index is 11.8. The smallest absolute Gasteiger partial charge is 0.244 e. The molecule has 98 valence electrons. The predicted octanol–water partition coefficient (Wildman–Crippen LogP) is 0.136. The average Bonchev–Trinajstić information content (AvgIpc) is 2.70. The van der Waals surface area contributed by atoms with Crippen LogP contribution in [0.2, 0.25) is 0 Å². The molecule has 7 heteroatoms. The van der Waals surface area contributed by atoms with E-state index in [4.69, 9.17) is 9.47 Å². The fourth-order valence-electron chi connectivity index (χ4n) is 1.79. The van der Waals surface area contributed by atoms with Gasteiger partial charge >= 0.3 is 0 Å². The van der Waals surface area contributed by atoms with E-state index >= 15 is 0 Å². The molecule has 0 aliphatic carbocycles. The Labute approximate surface area is 105 Å². The van der Waals surface area contributed by atoms with Gasteiger partial charge in [-0.05, 0) is 6.42 Å². The number of nitrogens with zero attached hydrogens (tertiary/aromatic N) is 3. The van der Waals surface area contributed by atoms with E-state index in [2.05, 4.69) is 15.3 Å². The second-order valence-electron chi connectivity index (χ2n) is 4.02. The Kier molecular flexibility index (Phi) is 3.50. The molecule has 7 nitrogen and oxygen atoms in total. The third-order valence-corrected chi connectivity index (χ3v) is 2.83. The van der Waals surface area contributed by atoms with Gasteiger partial charge in [-0.3, -0.25) is 4.79 Å². The van der Waals surface area contributed by atoms with E-state index in [9.17, 15) is 4.79 Å². The van der Waals surface area contributed by atoms with Crippen molar-refractivity contribution in [2.24, 2.45) is 0 Å². The number of hydrogen-bond donors (Lipinski definition) is 1. The summed E-state index contributed by atoms with van der Waals surface area (Å²) in [7, 11) is 4.80. The highest BCUT2D eigenvalue weighted by Crippen LogP contribution is 2.19. The Morgan fingerprint density at radius 1 is 1.33 bits per heavy atom. The topological polar surface area (TPSA) is 76.6 Å². The lowest BCUT2D eigenvalue weighted by Gasteiger charge is -2.13. The van der Waals surface area contributed by atoms with Crippen molar-refractivity contribution >= 4 is 11.9 Å². The van der Waals surface area contributed by atoms with Gasteiger partial charge in [0.1, 0.15) is 6.04 Å². The fourth-order valence-corrected chi connectivity index (χ4v) is 1.79. The predicted molar refractivity (Wildman–Crippen MR) is 64.8 cm³/mol. The third kappa shape index (κ3) is 2.44. The highest BCUT2D eigenvalue weighted by molar-refractivity contribution is 5.86. The molecule has 1 amide bonds. The first-order valence-electron chi connectivity index (χ1n) is 5.62. The average molecular weight is 252 g/mol. The first-order valence-corrected chi connectivity index (χ1v) is 5.62. The largest absolute Gasteiger partial charge is 0.481 e. The molecule has 1 aromatic heterocycles. The molecule has 18 heavy (non-hydrogen) atoms. The Morgan fingerprint density at radius 2 is 1.94 bits per heavy atom. The number of aromatic nitrogens is 2. The maximum Gasteiger partial charge on any atom is 0.244 e. The monoisotopic (exact) mass is 252 g/mol. The van der Waals surface area contributed by atoms with Crippen LogP contribution in [0.5, 0.6) is 11.8 Å². The minimum atomic E-state index is -0.285. The molecule has 1 aliphatic rings. The van der Waals surface area contributed by atoms with Gasteiger partial charge in [0, 0.05) is 13.6 Å². The van der Waals surface area contributed by atoms with Gasteiger partial charge in [-0.1, -0.05) is 0 Å². The first-order chi connectivity index (χ1) is 8.63. The van der Waals surface area contributed by atoms with Crippen LogP contribution in [0.3, 0.4) is 0 Å². The second-order valence-corrected chi connectivity index (χ2v) is 4.02. The molecule has 1 aliphatic heterocycles. The highest BCUT2D eigenvalue weighted by Gasteiger charge is 2.29. The van der Waals surface area contributed by atoms with Crippen molar-refractivity contribution < 1.29 is 14.3 Å². The van der Waals surface area contributed by atoms with Crippen LogP contribution in [0.15, 0.2) is 6.07 Å². The molecular weight excluding hydrogens is 236 g/mol. The van der Waals surface area contributed by atoms with E-state index in [0.717, 1.165) is 13.0 Å². The molecule has 1 aromatic rings. The molecule has 1 fully saturated rings. The molecule has 1 saturated heterocycles. The Balaban J connectivity index is 2.16. The number of ether oxygens (including phenoxy) is 2. The number of amides is 1. The lowest BCUT2D eigenvalue weighted by atomic mass is 10.2. The number of nitrogens with one attached hydrogen (secondary N) is 1.